The standard InChI is InChI=1S/C11H16O2/c1-4-10(2)7-5-6-8-11(3)13-9-12/h4,6,8-9,11H,1-2,5,7H2,3H3. The van der Waals surface area contributed by atoms with E-state index in [1.54, 1.807) is 6.08 Å². The first kappa shape index (κ1) is 11.7. The van der Waals surface area contributed by atoms with E-state index in [2.05, 4.69) is 17.9 Å². The lowest BCUT2D eigenvalue weighted by molar-refractivity contribution is -0.130. The smallest absolute Gasteiger partial charge is 0.293 e. The van der Waals surface area contributed by atoms with Crippen LogP contribution in [0.5, 0.6) is 0 Å². The first-order valence-electron chi connectivity index (χ1n) is 4.26. The normalized spacial score (nSPS) is 12.4. The number of hydrogen-bond donors (Lipinski definition) is 0. The lowest BCUT2D eigenvalue weighted by Gasteiger charge is -2.01. The van der Waals surface area contributed by atoms with Crippen LogP contribution in [0.3, 0.4) is 0 Å². The molecule has 2 heteroatoms. The summed E-state index contributed by atoms with van der Waals surface area (Å²) >= 11 is 0. The molecule has 0 saturated carbocycles. The monoisotopic (exact) mass is 180 g/mol. The molecule has 2 nitrogen and oxygen atoms in total. The molecule has 0 aliphatic rings. The Bertz CT molecular complexity index is 204. The second-order valence-electron chi connectivity index (χ2n) is 2.77. The minimum atomic E-state index is -0.144. The zero-order valence-electron chi connectivity index (χ0n) is 8.03. The van der Waals surface area contributed by atoms with Gasteiger partial charge in [0, 0.05) is 0 Å². The molecule has 0 aromatic heterocycles. The maximum Gasteiger partial charge on any atom is 0.293 e. The summed E-state index contributed by atoms with van der Waals surface area (Å²) in [6.45, 7) is 9.66. The number of ether oxygens (including phenoxy) is 1. The lowest BCUT2D eigenvalue weighted by atomic mass is 10.1. The van der Waals surface area contributed by atoms with Gasteiger partial charge in [0.1, 0.15) is 6.10 Å². The van der Waals surface area contributed by atoms with Gasteiger partial charge in [-0.1, -0.05) is 30.9 Å². The van der Waals surface area contributed by atoms with Gasteiger partial charge in [-0.25, -0.2) is 0 Å². The fraction of sp³-hybridized carbons (Fsp3) is 0.364. The van der Waals surface area contributed by atoms with Crippen molar-refractivity contribution in [1.82, 2.24) is 0 Å². The molecule has 0 fully saturated rings. The molecule has 13 heavy (non-hydrogen) atoms. The van der Waals surface area contributed by atoms with Crippen molar-refractivity contribution in [3.05, 3.63) is 37.0 Å². The van der Waals surface area contributed by atoms with Crippen LogP contribution in [-0.4, -0.2) is 12.6 Å². The van der Waals surface area contributed by atoms with Gasteiger partial charge in [0.05, 0.1) is 0 Å². The summed E-state index contributed by atoms with van der Waals surface area (Å²) in [6.07, 6.45) is 7.23. The summed E-state index contributed by atoms with van der Waals surface area (Å²) < 4.78 is 4.67. The summed E-state index contributed by atoms with van der Waals surface area (Å²) in [5.41, 5.74) is 1.02. The van der Waals surface area contributed by atoms with Crippen molar-refractivity contribution in [2.45, 2.75) is 25.9 Å². The molecule has 0 saturated heterocycles. The van der Waals surface area contributed by atoms with E-state index in [1.807, 2.05) is 19.1 Å². The average Bonchev–Trinajstić information content (AvgIpc) is 2.12. The Morgan fingerprint density at radius 2 is 2.31 bits per heavy atom. The van der Waals surface area contributed by atoms with Gasteiger partial charge in [0.2, 0.25) is 0 Å². The second kappa shape index (κ2) is 7.35. The Kier molecular flexibility index (Phi) is 6.60. The van der Waals surface area contributed by atoms with Crippen molar-refractivity contribution < 1.29 is 9.53 Å². The van der Waals surface area contributed by atoms with Crippen LogP contribution in [0.2, 0.25) is 0 Å². The Balaban J connectivity index is 3.56. The van der Waals surface area contributed by atoms with Crippen molar-refractivity contribution in [3.8, 4) is 0 Å². The van der Waals surface area contributed by atoms with E-state index in [0.29, 0.717) is 6.47 Å². The van der Waals surface area contributed by atoms with E-state index in [9.17, 15) is 4.79 Å². The Labute approximate surface area is 79.6 Å². The molecule has 0 rings (SSSR count). The SMILES string of the molecule is C=CC(=C)CCC=CC(C)OC=O. The van der Waals surface area contributed by atoms with Gasteiger partial charge >= 0.3 is 0 Å². The largest absolute Gasteiger partial charge is 0.461 e. The average molecular weight is 180 g/mol. The minimum Gasteiger partial charge on any atom is -0.461 e. The van der Waals surface area contributed by atoms with E-state index in [0.717, 1.165) is 18.4 Å². The third kappa shape index (κ3) is 7.06. The Morgan fingerprint density at radius 3 is 2.85 bits per heavy atom. The van der Waals surface area contributed by atoms with Gasteiger partial charge in [0.15, 0.2) is 0 Å². The quantitative estimate of drug-likeness (QED) is 0.342. The van der Waals surface area contributed by atoms with Gasteiger partial charge in [-0.05, 0) is 25.8 Å². The molecular formula is C11H16O2. The molecule has 0 amide bonds. The highest BCUT2D eigenvalue weighted by molar-refractivity contribution is 5.37. The van der Waals surface area contributed by atoms with Crippen molar-refractivity contribution in [2.24, 2.45) is 0 Å². The number of hydrogen-bond acceptors (Lipinski definition) is 2. The molecule has 1 atom stereocenters. The summed E-state index contributed by atoms with van der Waals surface area (Å²) in [5.74, 6) is 0. The fourth-order valence-corrected chi connectivity index (χ4v) is 0.792. The maximum absolute atomic E-state index is 9.92. The highest BCUT2D eigenvalue weighted by Gasteiger charge is 1.92. The summed E-state index contributed by atoms with van der Waals surface area (Å²) in [7, 11) is 0. The van der Waals surface area contributed by atoms with E-state index < -0.39 is 0 Å². The summed E-state index contributed by atoms with van der Waals surface area (Å²) in [4.78, 5) is 9.92. The molecule has 0 aromatic rings. The van der Waals surface area contributed by atoms with E-state index >= 15 is 0 Å². The van der Waals surface area contributed by atoms with E-state index in [-0.39, 0.29) is 6.10 Å². The Hall–Kier alpha value is -1.31. The van der Waals surface area contributed by atoms with Crippen LogP contribution in [0, 0.1) is 0 Å². The lowest BCUT2D eigenvalue weighted by Crippen LogP contribution is -2.01. The minimum absolute atomic E-state index is 0.144. The molecule has 0 aliphatic heterocycles. The Morgan fingerprint density at radius 1 is 1.62 bits per heavy atom. The third-order valence-corrected chi connectivity index (χ3v) is 1.60. The molecule has 0 aromatic carbocycles. The number of allylic oxidation sites excluding steroid dienone is 3. The molecule has 0 radical (unpaired) electrons. The van der Waals surface area contributed by atoms with Crippen LogP contribution in [0.15, 0.2) is 37.0 Å². The topological polar surface area (TPSA) is 26.3 Å². The maximum atomic E-state index is 9.92. The van der Waals surface area contributed by atoms with Crippen molar-refractivity contribution in [3.63, 3.8) is 0 Å². The van der Waals surface area contributed by atoms with Gasteiger partial charge in [0.25, 0.3) is 6.47 Å². The summed E-state index contributed by atoms with van der Waals surface area (Å²) in [5, 5.41) is 0. The van der Waals surface area contributed by atoms with Crippen LogP contribution in [0.25, 0.3) is 0 Å². The van der Waals surface area contributed by atoms with Crippen LogP contribution >= 0.6 is 0 Å². The number of carbonyl (C=O) groups is 1. The molecule has 1 unspecified atom stereocenters. The van der Waals surface area contributed by atoms with Crippen LogP contribution < -0.4 is 0 Å². The molecule has 0 aliphatic carbocycles. The predicted octanol–water partition coefficient (Wildman–Crippen LogP) is 2.63. The molecule has 0 bridgehead atoms. The number of carbonyl (C=O) groups excluding carboxylic acids is 1. The molecular weight excluding hydrogens is 164 g/mol. The molecule has 72 valence electrons. The predicted molar refractivity (Wildman–Crippen MR) is 54.3 cm³/mol. The molecule has 0 heterocycles. The van der Waals surface area contributed by atoms with Crippen molar-refractivity contribution in [1.29, 1.82) is 0 Å². The molecule has 0 spiro atoms. The first-order chi connectivity index (χ1) is 6.20. The van der Waals surface area contributed by atoms with Gasteiger partial charge < -0.3 is 4.74 Å². The summed E-state index contributed by atoms with van der Waals surface area (Å²) in [6, 6.07) is 0. The van der Waals surface area contributed by atoms with Crippen molar-refractivity contribution in [2.75, 3.05) is 0 Å². The van der Waals surface area contributed by atoms with Crippen LogP contribution in [0.4, 0.5) is 0 Å². The van der Waals surface area contributed by atoms with E-state index in [4.69, 9.17) is 0 Å². The van der Waals surface area contributed by atoms with Gasteiger partial charge in [-0.3, -0.25) is 4.79 Å². The highest BCUT2D eigenvalue weighted by atomic mass is 16.5. The fourth-order valence-electron chi connectivity index (χ4n) is 0.792. The van der Waals surface area contributed by atoms with Gasteiger partial charge in [-0.2, -0.15) is 0 Å². The first-order valence-corrected chi connectivity index (χ1v) is 4.26. The van der Waals surface area contributed by atoms with Gasteiger partial charge in [-0.15, -0.1) is 0 Å². The van der Waals surface area contributed by atoms with E-state index in [1.165, 1.54) is 0 Å². The molecule has 0 N–H and O–H groups in total. The van der Waals surface area contributed by atoms with Crippen LogP contribution in [0.1, 0.15) is 19.8 Å². The highest BCUT2D eigenvalue weighted by Crippen LogP contribution is 2.04. The second-order valence-corrected chi connectivity index (χ2v) is 2.77. The third-order valence-electron chi connectivity index (χ3n) is 1.60. The zero-order chi connectivity index (χ0) is 10.1. The van der Waals surface area contributed by atoms with Crippen LogP contribution in [-0.2, 0) is 9.53 Å². The van der Waals surface area contributed by atoms with Crippen molar-refractivity contribution >= 4 is 6.47 Å². The number of rotatable bonds is 7. The zero-order valence-corrected chi connectivity index (χ0v) is 8.03.